The number of nitrogens with zero attached hydrogens (tertiary/aromatic N) is 3. The molecule has 0 bridgehead atoms. The summed E-state index contributed by atoms with van der Waals surface area (Å²) in [6, 6.07) is 10.4. The van der Waals surface area contributed by atoms with Crippen LogP contribution in [-0.4, -0.2) is 21.3 Å². The highest BCUT2D eigenvalue weighted by Gasteiger charge is 2.24. The van der Waals surface area contributed by atoms with Gasteiger partial charge in [-0.05, 0) is 12.5 Å². The predicted octanol–water partition coefficient (Wildman–Crippen LogP) is 2.54. The second-order valence-corrected chi connectivity index (χ2v) is 5.62. The van der Waals surface area contributed by atoms with Gasteiger partial charge in [0.15, 0.2) is 5.69 Å². The number of hydrogen-bond donors (Lipinski definition) is 1. The maximum absolute atomic E-state index is 5.68. The molecule has 5 heteroatoms. The molecule has 0 aliphatic carbocycles. The first-order valence-corrected chi connectivity index (χ1v) is 7.57. The molecular formula is C17H18N4O. The van der Waals surface area contributed by atoms with E-state index in [-0.39, 0.29) is 0 Å². The van der Waals surface area contributed by atoms with Crippen LogP contribution in [0.1, 0.15) is 22.6 Å². The van der Waals surface area contributed by atoms with E-state index in [1.165, 1.54) is 16.8 Å². The molecule has 1 aliphatic rings. The maximum atomic E-state index is 5.68. The number of nitrogens with one attached hydrogen (secondary N) is 1. The zero-order valence-corrected chi connectivity index (χ0v) is 12.5. The summed E-state index contributed by atoms with van der Waals surface area (Å²) in [7, 11) is 0. The number of rotatable bonds is 3. The molecule has 0 spiro atoms. The van der Waals surface area contributed by atoms with E-state index in [1.807, 2.05) is 13.0 Å². The van der Waals surface area contributed by atoms with Crippen LogP contribution in [0, 0.1) is 6.92 Å². The van der Waals surface area contributed by atoms with Crippen LogP contribution in [0.4, 0.5) is 0 Å². The van der Waals surface area contributed by atoms with Gasteiger partial charge in [0, 0.05) is 30.8 Å². The predicted molar refractivity (Wildman–Crippen MR) is 83.4 cm³/mol. The van der Waals surface area contributed by atoms with Crippen molar-refractivity contribution in [3.63, 3.8) is 0 Å². The Labute approximate surface area is 129 Å². The van der Waals surface area contributed by atoms with E-state index in [4.69, 9.17) is 9.52 Å². The summed E-state index contributed by atoms with van der Waals surface area (Å²) in [5.41, 5.74) is 4.62. The highest BCUT2D eigenvalue weighted by Crippen LogP contribution is 2.27. The normalized spacial score (nSPS) is 14.0. The first kappa shape index (κ1) is 13.3. The van der Waals surface area contributed by atoms with Gasteiger partial charge in [-0.15, -0.1) is 0 Å². The van der Waals surface area contributed by atoms with Crippen LogP contribution in [-0.2, 0) is 19.5 Å². The van der Waals surface area contributed by atoms with Crippen LogP contribution >= 0.6 is 0 Å². The smallest absolute Gasteiger partial charge is 0.247 e. The summed E-state index contributed by atoms with van der Waals surface area (Å²) < 4.78 is 7.78. The molecule has 22 heavy (non-hydrogen) atoms. The summed E-state index contributed by atoms with van der Waals surface area (Å²) in [5, 5.41) is 8.20. The minimum atomic E-state index is 0.615. The molecule has 0 saturated carbocycles. The Morgan fingerprint density at radius 3 is 2.91 bits per heavy atom. The van der Waals surface area contributed by atoms with Crippen LogP contribution in [0.5, 0.6) is 0 Å². The van der Waals surface area contributed by atoms with Gasteiger partial charge in [0.2, 0.25) is 5.89 Å². The van der Waals surface area contributed by atoms with Crippen LogP contribution in [0.3, 0.4) is 0 Å². The van der Waals surface area contributed by atoms with Gasteiger partial charge in [0.1, 0.15) is 5.76 Å². The summed E-state index contributed by atoms with van der Waals surface area (Å²) in [4.78, 5) is 4.34. The third-order valence-corrected chi connectivity index (χ3v) is 4.01. The molecule has 1 aromatic carbocycles. The summed E-state index contributed by atoms with van der Waals surface area (Å²) in [5.74, 6) is 1.43. The number of oxazole rings is 1. The molecule has 1 aliphatic heterocycles. The van der Waals surface area contributed by atoms with Gasteiger partial charge in [-0.3, -0.25) is 4.68 Å². The molecule has 5 nitrogen and oxygen atoms in total. The molecule has 2 aromatic heterocycles. The quantitative estimate of drug-likeness (QED) is 0.806. The molecular weight excluding hydrogens is 276 g/mol. The highest BCUT2D eigenvalue weighted by molar-refractivity contribution is 5.55. The maximum Gasteiger partial charge on any atom is 0.247 e. The SMILES string of the molecule is Cc1cnc(-c2nn(Cc3ccccc3)c3c2CNCC3)o1. The topological polar surface area (TPSA) is 55.9 Å². The zero-order valence-electron chi connectivity index (χ0n) is 12.5. The molecule has 3 heterocycles. The first-order valence-electron chi connectivity index (χ1n) is 7.57. The lowest BCUT2D eigenvalue weighted by molar-refractivity contribution is 0.537. The van der Waals surface area contributed by atoms with Crippen molar-refractivity contribution in [2.45, 2.75) is 26.4 Å². The van der Waals surface area contributed by atoms with Gasteiger partial charge in [0.25, 0.3) is 0 Å². The van der Waals surface area contributed by atoms with Crippen molar-refractivity contribution >= 4 is 0 Å². The van der Waals surface area contributed by atoms with Crippen molar-refractivity contribution in [3.05, 3.63) is 59.1 Å². The van der Waals surface area contributed by atoms with Crippen LogP contribution < -0.4 is 5.32 Å². The molecule has 0 unspecified atom stereocenters. The van der Waals surface area contributed by atoms with Gasteiger partial charge >= 0.3 is 0 Å². The third-order valence-electron chi connectivity index (χ3n) is 4.01. The van der Waals surface area contributed by atoms with Gasteiger partial charge in [0.05, 0.1) is 12.7 Å². The van der Waals surface area contributed by atoms with Crippen molar-refractivity contribution in [1.82, 2.24) is 20.1 Å². The summed E-state index contributed by atoms with van der Waals surface area (Å²) in [6.07, 6.45) is 2.73. The largest absolute Gasteiger partial charge is 0.440 e. The zero-order chi connectivity index (χ0) is 14.9. The van der Waals surface area contributed by atoms with E-state index in [0.717, 1.165) is 37.5 Å². The Kier molecular flexibility index (Phi) is 3.27. The molecule has 112 valence electrons. The lowest BCUT2D eigenvalue weighted by Crippen LogP contribution is -2.25. The molecule has 1 N–H and O–H groups in total. The lowest BCUT2D eigenvalue weighted by Gasteiger charge is -2.15. The van der Waals surface area contributed by atoms with Crippen molar-refractivity contribution in [1.29, 1.82) is 0 Å². The van der Waals surface area contributed by atoms with E-state index < -0.39 is 0 Å². The van der Waals surface area contributed by atoms with E-state index in [2.05, 4.69) is 39.2 Å². The molecule has 3 aromatic rings. The van der Waals surface area contributed by atoms with E-state index in [0.29, 0.717) is 5.89 Å². The molecule has 0 fully saturated rings. The van der Waals surface area contributed by atoms with Gasteiger partial charge in [-0.1, -0.05) is 30.3 Å². The third kappa shape index (κ3) is 2.33. The molecule has 4 rings (SSSR count). The lowest BCUT2D eigenvalue weighted by atomic mass is 10.1. The summed E-state index contributed by atoms with van der Waals surface area (Å²) in [6.45, 7) is 4.49. The van der Waals surface area contributed by atoms with E-state index in [1.54, 1.807) is 6.20 Å². The number of aromatic nitrogens is 3. The van der Waals surface area contributed by atoms with Crippen molar-refractivity contribution in [2.75, 3.05) is 6.54 Å². The minimum Gasteiger partial charge on any atom is -0.440 e. The minimum absolute atomic E-state index is 0.615. The van der Waals surface area contributed by atoms with Crippen LogP contribution in [0.15, 0.2) is 40.9 Å². The standard InChI is InChI=1S/C17H18N4O/c1-12-9-19-17(22-12)16-14-10-18-8-7-15(14)21(20-16)11-13-5-3-2-4-6-13/h2-6,9,18H,7-8,10-11H2,1H3. The fraction of sp³-hybridized carbons (Fsp3) is 0.294. The summed E-state index contributed by atoms with van der Waals surface area (Å²) >= 11 is 0. The number of hydrogen-bond acceptors (Lipinski definition) is 4. The second kappa shape index (κ2) is 5.42. The molecule has 0 atom stereocenters. The average Bonchev–Trinajstić information content (AvgIpc) is 3.13. The second-order valence-electron chi connectivity index (χ2n) is 5.62. The fourth-order valence-corrected chi connectivity index (χ4v) is 2.94. The van der Waals surface area contributed by atoms with Crippen molar-refractivity contribution in [2.24, 2.45) is 0 Å². The Hall–Kier alpha value is -2.40. The Morgan fingerprint density at radius 2 is 2.14 bits per heavy atom. The highest BCUT2D eigenvalue weighted by atomic mass is 16.4. The van der Waals surface area contributed by atoms with Crippen molar-refractivity contribution in [3.8, 4) is 11.6 Å². The monoisotopic (exact) mass is 294 g/mol. The van der Waals surface area contributed by atoms with Gasteiger partial charge < -0.3 is 9.73 Å². The number of aryl methyl sites for hydroxylation is 1. The molecule has 0 radical (unpaired) electrons. The Morgan fingerprint density at radius 1 is 1.27 bits per heavy atom. The van der Waals surface area contributed by atoms with Crippen LogP contribution in [0.2, 0.25) is 0 Å². The Bertz CT molecular complexity index is 788. The van der Waals surface area contributed by atoms with E-state index >= 15 is 0 Å². The molecule has 0 amide bonds. The average molecular weight is 294 g/mol. The Balaban J connectivity index is 1.77. The van der Waals surface area contributed by atoms with Gasteiger partial charge in [-0.2, -0.15) is 5.10 Å². The van der Waals surface area contributed by atoms with Gasteiger partial charge in [-0.25, -0.2) is 4.98 Å². The van der Waals surface area contributed by atoms with E-state index in [9.17, 15) is 0 Å². The number of fused-ring (bicyclic) bond motifs is 1. The van der Waals surface area contributed by atoms with Crippen LogP contribution in [0.25, 0.3) is 11.6 Å². The number of benzene rings is 1. The fourth-order valence-electron chi connectivity index (χ4n) is 2.94. The van der Waals surface area contributed by atoms with Crippen molar-refractivity contribution < 1.29 is 4.42 Å². The molecule has 0 saturated heterocycles. The first-order chi connectivity index (χ1) is 10.8.